The van der Waals surface area contributed by atoms with Gasteiger partial charge in [-0.1, -0.05) is 0 Å². The van der Waals surface area contributed by atoms with E-state index in [-0.39, 0.29) is 36.0 Å². The van der Waals surface area contributed by atoms with Crippen molar-refractivity contribution in [2.24, 2.45) is 11.7 Å². The van der Waals surface area contributed by atoms with Crippen LogP contribution in [0.4, 0.5) is 4.39 Å². The van der Waals surface area contributed by atoms with Crippen molar-refractivity contribution in [1.29, 1.82) is 0 Å². The summed E-state index contributed by atoms with van der Waals surface area (Å²) in [7, 11) is 0. The molecule has 3 rings (SSSR count). The lowest BCUT2D eigenvalue weighted by Gasteiger charge is -2.32. The van der Waals surface area contributed by atoms with Crippen LogP contribution in [0.5, 0.6) is 0 Å². The summed E-state index contributed by atoms with van der Waals surface area (Å²) in [6.07, 6.45) is 1.53. The predicted molar refractivity (Wildman–Crippen MR) is 111 cm³/mol. The zero-order chi connectivity index (χ0) is 20.3. The van der Waals surface area contributed by atoms with Gasteiger partial charge in [0.2, 0.25) is 5.91 Å². The molecule has 0 spiro atoms. The van der Waals surface area contributed by atoms with E-state index in [4.69, 9.17) is 5.73 Å². The zero-order valence-electron chi connectivity index (χ0n) is 16.7. The topological polar surface area (TPSA) is 93.2 Å². The molecule has 3 N–H and O–H groups in total. The fourth-order valence-corrected chi connectivity index (χ4v) is 3.66. The van der Waals surface area contributed by atoms with Crippen LogP contribution in [0.2, 0.25) is 0 Å². The number of amides is 2. The summed E-state index contributed by atoms with van der Waals surface area (Å²) in [6.45, 7) is 5.44. The molecule has 1 aliphatic heterocycles. The number of rotatable bonds is 5. The molecule has 0 bridgehead atoms. The normalized spacial score (nSPS) is 16.3. The third kappa shape index (κ3) is 4.94. The molecule has 0 saturated carbocycles. The third-order valence-electron chi connectivity index (χ3n) is 5.10. The monoisotopic (exact) mass is 423 g/mol. The molecule has 2 amide bonds. The van der Waals surface area contributed by atoms with E-state index in [0.717, 1.165) is 12.8 Å². The SMILES string of the molecule is Cc1nn(-c2ccc(F)cc2)c(C)c1C(=O)N1CCCC(C(=O)NCCN)C1.Cl. The van der Waals surface area contributed by atoms with E-state index in [1.807, 2.05) is 6.92 Å². The number of hydrogen-bond acceptors (Lipinski definition) is 4. The van der Waals surface area contributed by atoms with E-state index in [1.54, 1.807) is 28.6 Å². The molecule has 1 atom stereocenters. The van der Waals surface area contributed by atoms with Crippen LogP contribution in [0.15, 0.2) is 24.3 Å². The zero-order valence-corrected chi connectivity index (χ0v) is 17.5. The van der Waals surface area contributed by atoms with Gasteiger partial charge < -0.3 is 16.0 Å². The standard InChI is InChI=1S/C20H26FN5O2.ClH/c1-13-18(14(2)26(24-13)17-7-5-16(21)6-8-17)20(28)25-11-3-4-15(12-25)19(27)23-10-9-22;/h5-8,15H,3-4,9-12,22H2,1-2H3,(H,23,27);1H. The Morgan fingerprint density at radius 2 is 1.97 bits per heavy atom. The molecule has 29 heavy (non-hydrogen) atoms. The van der Waals surface area contributed by atoms with E-state index in [2.05, 4.69) is 10.4 Å². The summed E-state index contributed by atoms with van der Waals surface area (Å²) in [5, 5.41) is 7.28. The molecule has 1 aliphatic rings. The lowest BCUT2D eigenvalue weighted by Crippen LogP contribution is -2.46. The van der Waals surface area contributed by atoms with Crippen LogP contribution in [0.25, 0.3) is 5.69 Å². The Hall–Kier alpha value is -2.45. The number of nitrogens with one attached hydrogen (secondary N) is 1. The number of likely N-dealkylation sites (tertiary alicyclic amines) is 1. The minimum absolute atomic E-state index is 0. The number of carbonyl (C=O) groups is 2. The maximum atomic E-state index is 13.2. The lowest BCUT2D eigenvalue weighted by atomic mass is 9.96. The highest BCUT2D eigenvalue weighted by atomic mass is 35.5. The summed E-state index contributed by atoms with van der Waals surface area (Å²) < 4.78 is 14.9. The minimum Gasteiger partial charge on any atom is -0.355 e. The number of benzene rings is 1. The molecule has 0 radical (unpaired) electrons. The highest BCUT2D eigenvalue weighted by Gasteiger charge is 2.31. The quantitative estimate of drug-likeness (QED) is 0.768. The maximum absolute atomic E-state index is 13.2. The second-order valence-corrected chi connectivity index (χ2v) is 7.10. The van der Waals surface area contributed by atoms with Crippen molar-refractivity contribution in [2.75, 3.05) is 26.2 Å². The first-order valence-electron chi connectivity index (χ1n) is 9.51. The van der Waals surface area contributed by atoms with Gasteiger partial charge in [-0.25, -0.2) is 9.07 Å². The minimum atomic E-state index is -0.325. The average molecular weight is 424 g/mol. The second kappa shape index (κ2) is 9.84. The fraction of sp³-hybridized carbons (Fsp3) is 0.450. The van der Waals surface area contributed by atoms with Crippen LogP contribution in [-0.4, -0.2) is 52.7 Å². The van der Waals surface area contributed by atoms with Crippen molar-refractivity contribution in [3.05, 3.63) is 47.0 Å². The van der Waals surface area contributed by atoms with Gasteiger partial charge in [-0.2, -0.15) is 5.10 Å². The number of carbonyl (C=O) groups excluding carboxylic acids is 2. The van der Waals surface area contributed by atoms with Gasteiger partial charge in [-0.3, -0.25) is 9.59 Å². The fourth-order valence-electron chi connectivity index (χ4n) is 3.66. The molecular weight excluding hydrogens is 397 g/mol. The molecule has 1 unspecified atom stereocenters. The second-order valence-electron chi connectivity index (χ2n) is 7.10. The van der Waals surface area contributed by atoms with Gasteiger partial charge in [-0.05, 0) is 51.0 Å². The summed E-state index contributed by atoms with van der Waals surface area (Å²) in [5.74, 6) is -0.732. The van der Waals surface area contributed by atoms with Crippen LogP contribution in [0.1, 0.15) is 34.6 Å². The number of nitrogens with zero attached hydrogens (tertiary/aromatic N) is 3. The molecule has 2 aromatic rings. The van der Waals surface area contributed by atoms with Crippen molar-refractivity contribution >= 4 is 24.2 Å². The van der Waals surface area contributed by atoms with Crippen molar-refractivity contribution in [3.8, 4) is 5.69 Å². The molecule has 0 aliphatic carbocycles. The molecule has 9 heteroatoms. The van der Waals surface area contributed by atoms with Gasteiger partial charge >= 0.3 is 0 Å². The molecule has 1 saturated heterocycles. The number of aromatic nitrogens is 2. The Bertz CT molecular complexity index is 869. The predicted octanol–water partition coefficient (Wildman–Crippen LogP) is 1.98. The number of nitrogens with two attached hydrogens (primary N) is 1. The number of aryl methyl sites for hydroxylation is 1. The lowest BCUT2D eigenvalue weighted by molar-refractivity contribution is -0.126. The van der Waals surface area contributed by atoms with Crippen molar-refractivity contribution in [3.63, 3.8) is 0 Å². The van der Waals surface area contributed by atoms with Crippen LogP contribution in [-0.2, 0) is 4.79 Å². The largest absolute Gasteiger partial charge is 0.355 e. The summed E-state index contributed by atoms with van der Waals surface area (Å²) in [5.41, 5.74) is 7.98. The molecule has 1 aromatic heterocycles. The first-order valence-corrected chi connectivity index (χ1v) is 9.51. The van der Waals surface area contributed by atoms with Crippen molar-refractivity contribution in [2.45, 2.75) is 26.7 Å². The number of piperidine rings is 1. The van der Waals surface area contributed by atoms with E-state index in [9.17, 15) is 14.0 Å². The van der Waals surface area contributed by atoms with E-state index < -0.39 is 0 Å². The summed E-state index contributed by atoms with van der Waals surface area (Å²) >= 11 is 0. The molecule has 158 valence electrons. The van der Waals surface area contributed by atoms with E-state index >= 15 is 0 Å². The average Bonchev–Trinajstić information content (AvgIpc) is 3.00. The van der Waals surface area contributed by atoms with Gasteiger partial charge in [-0.15, -0.1) is 12.4 Å². The van der Waals surface area contributed by atoms with Gasteiger partial charge in [0.05, 0.1) is 28.6 Å². The van der Waals surface area contributed by atoms with E-state index in [1.165, 1.54) is 12.1 Å². The van der Waals surface area contributed by atoms with Gasteiger partial charge in [0, 0.05) is 26.2 Å². The molecule has 1 aromatic carbocycles. The van der Waals surface area contributed by atoms with Gasteiger partial charge in [0.25, 0.3) is 5.91 Å². The highest BCUT2D eigenvalue weighted by molar-refractivity contribution is 5.97. The molecule has 7 nitrogen and oxygen atoms in total. The first-order chi connectivity index (χ1) is 13.4. The van der Waals surface area contributed by atoms with Crippen LogP contribution >= 0.6 is 12.4 Å². The van der Waals surface area contributed by atoms with Crippen LogP contribution in [0, 0.1) is 25.6 Å². The Labute approximate surface area is 175 Å². The van der Waals surface area contributed by atoms with Gasteiger partial charge in [0.15, 0.2) is 0 Å². The molecular formula is C20H27ClFN5O2. The van der Waals surface area contributed by atoms with Crippen molar-refractivity contribution < 1.29 is 14.0 Å². The Balaban J connectivity index is 0.00000300. The first kappa shape index (κ1) is 22.8. The Morgan fingerprint density at radius 3 is 2.62 bits per heavy atom. The van der Waals surface area contributed by atoms with Crippen LogP contribution in [0.3, 0.4) is 0 Å². The molecule has 2 heterocycles. The Morgan fingerprint density at radius 1 is 1.28 bits per heavy atom. The maximum Gasteiger partial charge on any atom is 0.257 e. The third-order valence-corrected chi connectivity index (χ3v) is 5.10. The van der Waals surface area contributed by atoms with Gasteiger partial charge in [0.1, 0.15) is 5.82 Å². The summed E-state index contributed by atoms with van der Waals surface area (Å²) in [6, 6.07) is 5.98. The molecule has 1 fully saturated rings. The highest BCUT2D eigenvalue weighted by Crippen LogP contribution is 2.23. The van der Waals surface area contributed by atoms with Crippen molar-refractivity contribution in [1.82, 2.24) is 20.0 Å². The van der Waals surface area contributed by atoms with Crippen LogP contribution < -0.4 is 11.1 Å². The smallest absolute Gasteiger partial charge is 0.257 e. The summed E-state index contributed by atoms with van der Waals surface area (Å²) in [4.78, 5) is 27.2. The number of halogens is 2. The number of hydrogen-bond donors (Lipinski definition) is 2. The Kier molecular flexibility index (Phi) is 7.75. The van der Waals surface area contributed by atoms with E-state index in [0.29, 0.717) is 48.8 Å².